The minimum atomic E-state index is 0.377. The van der Waals surface area contributed by atoms with E-state index in [4.69, 9.17) is 10.7 Å². The molecule has 2 rings (SSSR count). The van der Waals surface area contributed by atoms with Crippen molar-refractivity contribution in [2.45, 2.75) is 47.1 Å². The molecular formula is C16H23N3. The van der Waals surface area contributed by atoms with Crippen LogP contribution in [-0.2, 0) is 6.54 Å². The van der Waals surface area contributed by atoms with Gasteiger partial charge in [-0.1, -0.05) is 26.0 Å². The number of nitrogen functional groups attached to an aromatic ring is 1. The van der Waals surface area contributed by atoms with Crippen LogP contribution in [0.25, 0.3) is 11.3 Å². The number of benzene rings is 1. The molecule has 0 saturated carbocycles. The van der Waals surface area contributed by atoms with Crippen LogP contribution in [0.2, 0.25) is 0 Å². The molecule has 2 aromatic rings. The second-order valence-electron chi connectivity index (χ2n) is 5.40. The molecule has 1 aromatic carbocycles. The minimum absolute atomic E-state index is 0.377. The van der Waals surface area contributed by atoms with Crippen LogP contribution >= 0.6 is 0 Å². The van der Waals surface area contributed by atoms with Gasteiger partial charge in [0.05, 0.1) is 0 Å². The zero-order valence-corrected chi connectivity index (χ0v) is 12.5. The van der Waals surface area contributed by atoms with Crippen molar-refractivity contribution in [2.75, 3.05) is 5.73 Å². The predicted octanol–water partition coefficient (Wildman–Crippen LogP) is 3.89. The van der Waals surface area contributed by atoms with Crippen LogP contribution in [-0.4, -0.2) is 9.55 Å². The van der Waals surface area contributed by atoms with Crippen LogP contribution in [0.5, 0.6) is 0 Å². The molecule has 2 N–H and O–H groups in total. The van der Waals surface area contributed by atoms with Gasteiger partial charge in [0, 0.05) is 18.0 Å². The third-order valence-corrected chi connectivity index (χ3v) is 3.65. The van der Waals surface area contributed by atoms with E-state index in [1.54, 1.807) is 0 Å². The fourth-order valence-electron chi connectivity index (χ4n) is 2.36. The van der Waals surface area contributed by atoms with E-state index < -0.39 is 0 Å². The number of nitrogens with zero attached hydrogens (tertiary/aromatic N) is 2. The van der Waals surface area contributed by atoms with Crippen LogP contribution in [0.1, 0.15) is 43.6 Å². The lowest BCUT2D eigenvalue weighted by molar-refractivity contribution is 0.658. The van der Waals surface area contributed by atoms with E-state index in [2.05, 4.69) is 57.4 Å². The summed E-state index contributed by atoms with van der Waals surface area (Å²) in [5, 5.41) is 0. The van der Waals surface area contributed by atoms with Gasteiger partial charge in [0.2, 0.25) is 0 Å². The molecule has 0 unspecified atom stereocenters. The zero-order chi connectivity index (χ0) is 14.2. The van der Waals surface area contributed by atoms with E-state index in [1.165, 1.54) is 11.1 Å². The maximum absolute atomic E-state index is 6.27. The second-order valence-corrected chi connectivity index (χ2v) is 5.40. The van der Waals surface area contributed by atoms with Crippen LogP contribution in [0.15, 0.2) is 18.2 Å². The van der Waals surface area contributed by atoms with E-state index in [9.17, 15) is 0 Å². The molecule has 0 bridgehead atoms. The lowest BCUT2D eigenvalue weighted by Gasteiger charge is -2.08. The topological polar surface area (TPSA) is 43.8 Å². The Labute approximate surface area is 115 Å². The van der Waals surface area contributed by atoms with Crippen molar-refractivity contribution in [2.24, 2.45) is 0 Å². The van der Waals surface area contributed by atoms with Crippen molar-refractivity contribution in [3.05, 3.63) is 35.2 Å². The number of imidazole rings is 1. The Morgan fingerprint density at radius 2 is 1.89 bits per heavy atom. The van der Waals surface area contributed by atoms with E-state index in [0.717, 1.165) is 29.4 Å². The number of aromatic nitrogens is 2. The molecule has 19 heavy (non-hydrogen) atoms. The standard InChI is InChI=1S/C16H23N3/c1-6-19-15(17)14(18-16(19)10(2)3)13-8-7-11(4)12(5)9-13/h7-10H,6,17H2,1-5H3. The summed E-state index contributed by atoms with van der Waals surface area (Å²) in [5.41, 5.74) is 10.9. The lowest BCUT2D eigenvalue weighted by Crippen LogP contribution is -2.06. The summed E-state index contributed by atoms with van der Waals surface area (Å²) in [6.07, 6.45) is 0. The van der Waals surface area contributed by atoms with Gasteiger partial charge < -0.3 is 10.3 Å². The quantitative estimate of drug-likeness (QED) is 0.906. The van der Waals surface area contributed by atoms with E-state index in [1.807, 2.05) is 0 Å². The van der Waals surface area contributed by atoms with Crippen LogP contribution < -0.4 is 5.73 Å². The first-order valence-electron chi connectivity index (χ1n) is 6.89. The van der Waals surface area contributed by atoms with E-state index in [-0.39, 0.29) is 0 Å². The monoisotopic (exact) mass is 257 g/mol. The summed E-state index contributed by atoms with van der Waals surface area (Å²) in [7, 11) is 0. The maximum Gasteiger partial charge on any atom is 0.131 e. The van der Waals surface area contributed by atoms with Crippen molar-refractivity contribution in [1.82, 2.24) is 9.55 Å². The molecule has 0 spiro atoms. The maximum atomic E-state index is 6.27. The van der Waals surface area contributed by atoms with Crippen molar-refractivity contribution < 1.29 is 0 Å². The van der Waals surface area contributed by atoms with Crippen LogP contribution in [0, 0.1) is 13.8 Å². The molecule has 0 aliphatic heterocycles. The number of hydrogen-bond acceptors (Lipinski definition) is 2. The van der Waals surface area contributed by atoms with Gasteiger partial charge in [-0.3, -0.25) is 0 Å². The highest BCUT2D eigenvalue weighted by Crippen LogP contribution is 2.30. The normalized spacial score (nSPS) is 11.3. The van der Waals surface area contributed by atoms with Gasteiger partial charge in [-0.25, -0.2) is 4.98 Å². The highest BCUT2D eigenvalue weighted by Gasteiger charge is 2.17. The number of nitrogens with two attached hydrogens (primary N) is 1. The molecule has 1 heterocycles. The average molecular weight is 257 g/mol. The zero-order valence-electron chi connectivity index (χ0n) is 12.5. The first kappa shape index (κ1) is 13.7. The van der Waals surface area contributed by atoms with Gasteiger partial charge >= 0.3 is 0 Å². The number of anilines is 1. The third kappa shape index (κ3) is 2.37. The average Bonchev–Trinajstić information content (AvgIpc) is 2.70. The van der Waals surface area contributed by atoms with Gasteiger partial charge in [0.15, 0.2) is 0 Å². The Bertz CT molecular complexity index is 594. The summed E-state index contributed by atoms with van der Waals surface area (Å²) >= 11 is 0. The van der Waals surface area contributed by atoms with Gasteiger partial charge in [0.1, 0.15) is 17.3 Å². The molecular weight excluding hydrogens is 234 g/mol. The molecule has 0 fully saturated rings. The number of hydrogen-bond donors (Lipinski definition) is 1. The summed E-state index contributed by atoms with van der Waals surface area (Å²) in [4.78, 5) is 4.76. The summed E-state index contributed by atoms with van der Waals surface area (Å²) in [6, 6.07) is 6.40. The molecule has 1 aromatic heterocycles. The van der Waals surface area contributed by atoms with Crippen molar-refractivity contribution >= 4 is 5.82 Å². The number of rotatable bonds is 3. The van der Waals surface area contributed by atoms with Crippen molar-refractivity contribution in [3.63, 3.8) is 0 Å². The minimum Gasteiger partial charge on any atom is -0.383 e. The second kappa shape index (κ2) is 5.08. The lowest BCUT2D eigenvalue weighted by atomic mass is 10.0. The Morgan fingerprint density at radius 3 is 2.37 bits per heavy atom. The number of aryl methyl sites for hydroxylation is 2. The molecule has 3 nitrogen and oxygen atoms in total. The van der Waals surface area contributed by atoms with E-state index in [0.29, 0.717) is 5.92 Å². The fourth-order valence-corrected chi connectivity index (χ4v) is 2.36. The Hall–Kier alpha value is -1.77. The summed E-state index contributed by atoms with van der Waals surface area (Å²) in [6.45, 7) is 11.5. The molecule has 0 saturated heterocycles. The molecule has 0 atom stereocenters. The van der Waals surface area contributed by atoms with Gasteiger partial charge in [-0.05, 0) is 38.0 Å². The Morgan fingerprint density at radius 1 is 1.21 bits per heavy atom. The van der Waals surface area contributed by atoms with Crippen molar-refractivity contribution in [3.8, 4) is 11.3 Å². The molecule has 0 amide bonds. The molecule has 0 aliphatic rings. The summed E-state index contributed by atoms with van der Waals surface area (Å²) in [5.74, 6) is 2.21. The predicted molar refractivity (Wildman–Crippen MR) is 81.3 cm³/mol. The fraction of sp³-hybridized carbons (Fsp3) is 0.438. The van der Waals surface area contributed by atoms with Crippen LogP contribution in [0.4, 0.5) is 5.82 Å². The Balaban J connectivity index is 2.59. The molecule has 102 valence electrons. The van der Waals surface area contributed by atoms with Gasteiger partial charge in [-0.15, -0.1) is 0 Å². The molecule has 0 radical (unpaired) electrons. The Kier molecular flexibility index (Phi) is 3.65. The van der Waals surface area contributed by atoms with Crippen molar-refractivity contribution in [1.29, 1.82) is 0 Å². The SMILES string of the molecule is CCn1c(C(C)C)nc(-c2ccc(C)c(C)c2)c1N. The highest BCUT2D eigenvalue weighted by atomic mass is 15.1. The third-order valence-electron chi connectivity index (χ3n) is 3.65. The van der Waals surface area contributed by atoms with Gasteiger partial charge in [0.25, 0.3) is 0 Å². The largest absolute Gasteiger partial charge is 0.383 e. The van der Waals surface area contributed by atoms with Gasteiger partial charge in [-0.2, -0.15) is 0 Å². The first-order valence-corrected chi connectivity index (χ1v) is 6.89. The van der Waals surface area contributed by atoms with E-state index >= 15 is 0 Å². The summed E-state index contributed by atoms with van der Waals surface area (Å²) < 4.78 is 2.11. The first-order chi connectivity index (χ1) is 8.95. The smallest absolute Gasteiger partial charge is 0.131 e. The molecule has 0 aliphatic carbocycles. The molecule has 3 heteroatoms. The highest BCUT2D eigenvalue weighted by molar-refractivity contribution is 5.72. The van der Waals surface area contributed by atoms with Crippen LogP contribution in [0.3, 0.4) is 0 Å².